The molecular weight excluding hydrogens is 189 g/mol. The lowest BCUT2D eigenvalue weighted by atomic mass is 9.93. The normalized spacial score (nSPS) is 9.43. The van der Waals surface area contributed by atoms with E-state index in [2.05, 4.69) is 4.74 Å². The number of ether oxygens (including phenoxy) is 1. The van der Waals surface area contributed by atoms with Crippen LogP contribution in [0.2, 0.25) is 0 Å². The first-order valence-corrected chi connectivity index (χ1v) is 3.67. The molecule has 0 aliphatic heterocycles. The second kappa shape index (κ2) is 3.78. The summed E-state index contributed by atoms with van der Waals surface area (Å²) in [5.41, 5.74) is 0.0312. The van der Waals surface area contributed by atoms with Crippen LogP contribution in [0.25, 0.3) is 0 Å². The molecule has 0 amide bonds. The van der Waals surface area contributed by atoms with Crippen molar-refractivity contribution in [3.05, 3.63) is 28.3 Å². The first kappa shape index (κ1) is 10.0. The summed E-state index contributed by atoms with van der Waals surface area (Å²) in [6, 6.07) is 4.00. The molecule has 0 unspecified atom stereocenters. The van der Waals surface area contributed by atoms with E-state index in [0.717, 1.165) is 0 Å². The van der Waals surface area contributed by atoms with Crippen LogP contribution in [0.4, 0.5) is 10.5 Å². The van der Waals surface area contributed by atoms with Gasteiger partial charge in [0.15, 0.2) is 7.85 Å². The van der Waals surface area contributed by atoms with Crippen LogP contribution in [0.1, 0.15) is 0 Å². The Kier molecular flexibility index (Phi) is 2.71. The van der Waals surface area contributed by atoms with Crippen molar-refractivity contribution in [2.45, 2.75) is 0 Å². The van der Waals surface area contributed by atoms with Gasteiger partial charge in [0.05, 0.1) is 4.92 Å². The summed E-state index contributed by atoms with van der Waals surface area (Å²) in [5.74, 6) is -0.0216. The smallest absolute Gasteiger partial charge is 0.449 e. The highest BCUT2D eigenvalue weighted by Crippen LogP contribution is 2.14. The molecule has 0 radical (unpaired) electrons. The summed E-state index contributed by atoms with van der Waals surface area (Å²) < 4.78 is 4.35. The van der Waals surface area contributed by atoms with E-state index in [4.69, 9.17) is 5.11 Å². The minimum atomic E-state index is -1.49. The first-order chi connectivity index (χ1) is 6.52. The van der Waals surface area contributed by atoms with Crippen LogP contribution >= 0.6 is 0 Å². The molecule has 1 aromatic carbocycles. The van der Waals surface area contributed by atoms with Gasteiger partial charge < -0.3 is 9.84 Å². The Morgan fingerprint density at radius 3 is 2.71 bits per heavy atom. The van der Waals surface area contributed by atoms with Crippen LogP contribution in [-0.2, 0) is 0 Å². The standard InChI is InChI=1S/C7H6BNO5/c8-6-4(9(12)13)2-1-3-5(6)14-7(10)11/h1-3H,8H2,(H,10,11). The fourth-order valence-corrected chi connectivity index (χ4v) is 1.01. The van der Waals surface area contributed by atoms with E-state index in [0.29, 0.717) is 0 Å². The maximum absolute atomic E-state index is 10.5. The van der Waals surface area contributed by atoms with Gasteiger partial charge in [-0.1, -0.05) is 6.07 Å². The highest BCUT2D eigenvalue weighted by Gasteiger charge is 2.15. The molecule has 0 saturated heterocycles. The third-order valence-corrected chi connectivity index (χ3v) is 1.65. The number of carbonyl (C=O) groups is 1. The molecule has 72 valence electrons. The predicted octanol–water partition coefficient (Wildman–Crippen LogP) is -0.0900. The zero-order chi connectivity index (χ0) is 10.7. The number of benzene rings is 1. The highest BCUT2D eigenvalue weighted by molar-refractivity contribution is 6.37. The number of nitrogens with zero attached hydrogens (tertiary/aromatic N) is 1. The maximum Gasteiger partial charge on any atom is 0.511 e. The fraction of sp³-hybridized carbons (Fsp3) is 0. The van der Waals surface area contributed by atoms with Crippen molar-refractivity contribution in [2.24, 2.45) is 0 Å². The van der Waals surface area contributed by atoms with Gasteiger partial charge >= 0.3 is 6.16 Å². The molecule has 7 heteroatoms. The van der Waals surface area contributed by atoms with E-state index >= 15 is 0 Å². The van der Waals surface area contributed by atoms with Gasteiger partial charge in [0, 0.05) is 11.5 Å². The van der Waals surface area contributed by atoms with Crippen molar-refractivity contribution in [2.75, 3.05) is 0 Å². The van der Waals surface area contributed by atoms with Gasteiger partial charge in [0.1, 0.15) is 5.75 Å². The number of hydrogen-bond acceptors (Lipinski definition) is 4. The molecule has 14 heavy (non-hydrogen) atoms. The minimum Gasteiger partial charge on any atom is -0.449 e. The molecule has 0 saturated carbocycles. The summed E-state index contributed by atoms with van der Waals surface area (Å²) in [4.78, 5) is 20.1. The molecule has 0 aromatic heterocycles. The van der Waals surface area contributed by atoms with E-state index in [1.165, 1.54) is 26.0 Å². The highest BCUT2D eigenvalue weighted by atomic mass is 16.7. The number of rotatable bonds is 2. The van der Waals surface area contributed by atoms with Crippen molar-refractivity contribution in [1.82, 2.24) is 0 Å². The molecule has 0 bridgehead atoms. The van der Waals surface area contributed by atoms with Gasteiger partial charge in [0.2, 0.25) is 0 Å². The van der Waals surface area contributed by atoms with Gasteiger partial charge in [-0.3, -0.25) is 10.1 Å². The first-order valence-electron chi connectivity index (χ1n) is 3.67. The molecule has 0 atom stereocenters. The Morgan fingerprint density at radius 1 is 1.57 bits per heavy atom. The SMILES string of the molecule is Bc1c(OC(=O)O)cccc1[N+](=O)[O-]. The van der Waals surface area contributed by atoms with Gasteiger partial charge in [-0.15, -0.1) is 0 Å². The third-order valence-electron chi connectivity index (χ3n) is 1.65. The summed E-state index contributed by atoms with van der Waals surface area (Å²) in [7, 11) is 1.43. The van der Waals surface area contributed by atoms with E-state index in [1.54, 1.807) is 0 Å². The van der Waals surface area contributed by atoms with E-state index in [1.807, 2.05) is 0 Å². The lowest BCUT2D eigenvalue weighted by Gasteiger charge is -2.03. The van der Waals surface area contributed by atoms with Gasteiger partial charge in [-0.2, -0.15) is 0 Å². The van der Waals surface area contributed by atoms with E-state index in [9.17, 15) is 14.9 Å². The van der Waals surface area contributed by atoms with Crippen molar-refractivity contribution < 1.29 is 19.6 Å². The Balaban J connectivity index is 3.13. The molecular formula is C7H6BNO5. The van der Waals surface area contributed by atoms with E-state index < -0.39 is 11.1 Å². The Bertz CT molecular complexity index is 392. The lowest BCUT2D eigenvalue weighted by Crippen LogP contribution is -2.16. The number of nitro groups is 1. The summed E-state index contributed by atoms with van der Waals surface area (Å²) >= 11 is 0. The number of hydrogen-bond donors (Lipinski definition) is 1. The molecule has 1 N–H and O–H groups in total. The van der Waals surface area contributed by atoms with Crippen molar-refractivity contribution in [1.29, 1.82) is 0 Å². The average Bonchev–Trinajstić information content (AvgIpc) is 2.07. The third kappa shape index (κ3) is 2.00. The number of nitro benzene ring substituents is 1. The summed E-state index contributed by atoms with van der Waals surface area (Å²) in [6.45, 7) is 0. The zero-order valence-electron chi connectivity index (χ0n) is 7.26. The second-order valence-electron chi connectivity index (χ2n) is 2.53. The number of carboxylic acid groups (broad SMARTS) is 1. The molecule has 0 fully saturated rings. The van der Waals surface area contributed by atoms with Crippen molar-refractivity contribution in [3.8, 4) is 5.75 Å². The quantitative estimate of drug-likeness (QED) is 0.234. The fourth-order valence-electron chi connectivity index (χ4n) is 1.01. The van der Waals surface area contributed by atoms with Crippen molar-refractivity contribution in [3.63, 3.8) is 0 Å². The molecule has 1 rings (SSSR count). The lowest BCUT2D eigenvalue weighted by molar-refractivity contribution is -0.383. The largest absolute Gasteiger partial charge is 0.511 e. The Hall–Kier alpha value is -2.05. The molecule has 0 spiro atoms. The average molecular weight is 195 g/mol. The molecule has 6 nitrogen and oxygen atoms in total. The van der Waals surface area contributed by atoms with Crippen molar-refractivity contribution >= 4 is 25.2 Å². The molecule has 1 aromatic rings. The van der Waals surface area contributed by atoms with Crippen LogP contribution in [0.5, 0.6) is 5.75 Å². The van der Waals surface area contributed by atoms with E-state index in [-0.39, 0.29) is 16.9 Å². The molecule has 0 aliphatic rings. The van der Waals surface area contributed by atoms with Crippen LogP contribution in [0.3, 0.4) is 0 Å². The minimum absolute atomic E-state index is 0.0216. The van der Waals surface area contributed by atoms with Crippen LogP contribution in [-0.4, -0.2) is 24.0 Å². The second-order valence-corrected chi connectivity index (χ2v) is 2.53. The maximum atomic E-state index is 10.5. The topological polar surface area (TPSA) is 89.7 Å². The van der Waals surface area contributed by atoms with Crippen LogP contribution in [0.15, 0.2) is 18.2 Å². The molecule has 0 heterocycles. The predicted molar refractivity (Wildman–Crippen MR) is 49.9 cm³/mol. The zero-order valence-corrected chi connectivity index (χ0v) is 7.26. The summed E-state index contributed by atoms with van der Waals surface area (Å²) in [6.07, 6.45) is -1.49. The Morgan fingerprint density at radius 2 is 2.21 bits per heavy atom. The van der Waals surface area contributed by atoms with Gasteiger partial charge in [-0.25, -0.2) is 4.79 Å². The van der Waals surface area contributed by atoms with Crippen LogP contribution < -0.4 is 10.2 Å². The van der Waals surface area contributed by atoms with Gasteiger partial charge in [-0.05, 0) is 6.07 Å². The summed E-state index contributed by atoms with van der Waals surface area (Å²) in [5, 5.41) is 18.8. The van der Waals surface area contributed by atoms with Crippen LogP contribution in [0, 0.1) is 10.1 Å². The van der Waals surface area contributed by atoms with Gasteiger partial charge in [0.25, 0.3) is 5.69 Å². The molecule has 0 aliphatic carbocycles. The Labute approximate surface area is 79.7 Å². The monoisotopic (exact) mass is 195 g/mol.